The van der Waals surface area contributed by atoms with Gasteiger partial charge >= 0.3 is 18.2 Å². The number of amides is 1. The average molecular weight is 733 g/mol. The topological polar surface area (TPSA) is 196 Å². The number of hydrogen-bond acceptors (Lipinski definition) is 13. The zero-order valence-electron chi connectivity index (χ0n) is 31.1. The van der Waals surface area contributed by atoms with Crippen LogP contribution in [-0.4, -0.2) is 112 Å². The molecule has 52 heavy (non-hydrogen) atoms. The summed E-state index contributed by atoms with van der Waals surface area (Å²) in [5.41, 5.74) is -3.04. The maximum absolute atomic E-state index is 14.3. The fourth-order valence-electron chi connectivity index (χ4n) is 7.91. The summed E-state index contributed by atoms with van der Waals surface area (Å²) in [6.07, 6.45) is -3.78. The first-order chi connectivity index (χ1) is 23.8. The monoisotopic (exact) mass is 732 g/mol. The Balaban J connectivity index is 0.00000729. The van der Waals surface area contributed by atoms with Crippen LogP contribution in [0.3, 0.4) is 0 Å². The number of esters is 1. The van der Waals surface area contributed by atoms with E-state index in [0.717, 1.165) is 4.57 Å². The van der Waals surface area contributed by atoms with Gasteiger partial charge < -0.3 is 39.0 Å². The van der Waals surface area contributed by atoms with E-state index >= 15 is 0 Å². The molecule has 0 aliphatic carbocycles. The first kappa shape index (κ1) is 42.6. The fraction of sp³-hybridized carbons (Fsp3) is 0.730. The first-order valence-corrected chi connectivity index (χ1v) is 17.5. The molecule has 290 valence electrons. The highest BCUT2D eigenvalue weighted by Gasteiger charge is 2.57. The van der Waals surface area contributed by atoms with E-state index in [1.54, 1.807) is 27.7 Å². The van der Waals surface area contributed by atoms with Crippen molar-refractivity contribution in [3.8, 4) is 6.07 Å². The van der Waals surface area contributed by atoms with Crippen LogP contribution in [0.1, 0.15) is 87.6 Å². The zero-order chi connectivity index (χ0) is 38.2. The van der Waals surface area contributed by atoms with Crippen molar-refractivity contribution in [2.24, 2.45) is 23.7 Å². The van der Waals surface area contributed by atoms with Gasteiger partial charge in [0.2, 0.25) is 0 Å². The third kappa shape index (κ3) is 8.35. The van der Waals surface area contributed by atoms with E-state index in [4.69, 9.17) is 23.7 Å². The second kappa shape index (κ2) is 16.4. The van der Waals surface area contributed by atoms with Crippen LogP contribution in [0.4, 0.5) is 9.59 Å². The lowest BCUT2D eigenvalue weighted by atomic mass is 9.73. The minimum absolute atomic E-state index is 0. The fourth-order valence-corrected chi connectivity index (χ4v) is 7.91. The van der Waals surface area contributed by atoms with E-state index in [9.17, 15) is 34.3 Å². The molecular formula is C37H56N4O11. The van der Waals surface area contributed by atoms with Crippen molar-refractivity contribution in [2.75, 3.05) is 14.1 Å². The summed E-state index contributed by atoms with van der Waals surface area (Å²) in [4.78, 5) is 70.5. The van der Waals surface area contributed by atoms with Crippen molar-refractivity contribution < 1.29 is 52.8 Å². The molecule has 3 aliphatic heterocycles. The first-order valence-electron chi connectivity index (χ1n) is 17.5. The van der Waals surface area contributed by atoms with Gasteiger partial charge in [0.25, 0.3) is 0 Å². The van der Waals surface area contributed by atoms with Gasteiger partial charge in [-0.3, -0.25) is 19.0 Å². The van der Waals surface area contributed by atoms with E-state index in [2.05, 4.69) is 5.32 Å². The zero-order valence-corrected chi connectivity index (χ0v) is 31.1. The number of carbonyl (C=O) groups excluding carboxylic acids is 5. The molecule has 3 fully saturated rings. The van der Waals surface area contributed by atoms with Crippen LogP contribution < -0.4 is 5.32 Å². The molecule has 3 aliphatic rings. The molecule has 15 nitrogen and oxygen atoms in total. The second-order valence-electron chi connectivity index (χ2n) is 15.0. The normalized spacial score (nSPS) is 38.9. The average Bonchev–Trinajstić information content (AvgIpc) is 3.68. The number of nitrogens with zero attached hydrogens (tertiary/aromatic N) is 3. The highest BCUT2D eigenvalue weighted by Crippen LogP contribution is 2.40. The lowest BCUT2D eigenvalue weighted by molar-refractivity contribution is -0.292. The Kier molecular flexibility index (Phi) is 13.5. The van der Waals surface area contributed by atoms with Crippen molar-refractivity contribution in [1.82, 2.24) is 14.8 Å². The SMILES string of the molecule is C.CC[C@H]1OC(=O)[C@H](C)C(=O)[C@H](C)[C@@H](O[C@@H]2O[C@H](C)C[C@H](N(C)C)[C@H]2O)[C@](C)(OC(=O)n2ccc(C#N)c2)C[C@@H](C)C(=O)[C@H](C)[C@H]2NC(=O)O[C@@]21C. The van der Waals surface area contributed by atoms with Crippen molar-refractivity contribution in [1.29, 1.82) is 5.26 Å². The molecule has 2 N–H and O–H groups in total. The summed E-state index contributed by atoms with van der Waals surface area (Å²) in [6.45, 7) is 12.9. The number of aliphatic hydroxyl groups is 1. The van der Waals surface area contributed by atoms with Crippen LogP contribution in [0.5, 0.6) is 0 Å². The number of ether oxygens (including phenoxy) is 5. The van der Waals surface area contributed by atoms with Crippen LogP contribution in [0.2, 0.25) is 0 Å². The van der Waals surface area contributed by atoms with E-state index in [1.165, 1.54) is 39.2 Å². The quantitative estimate of drug-likeness (QED) is 0.252. The van der Waals surface area contributed by atoms with Gasteiger partial charge in [0.1, 0.15) is 41.7 Å². The molecule has 13 atom stereocenters. The summed E-state index contributed by atoms with van der Waals surface area (Å²) in [5.74, 6) is -6.09. The van der Waals surface area contributed by atoms with Gasteiger partial charge in [-0.25, -0.2) is 9.59 Å². The molecule has 0 unspecified atom stereocenters. The number of carbonyl (C=O) groups is 5. The van der Waals surface area contributed by atoms with Gasteiger partial charge in [-0.2, -0.15) is 5.26 Å². The Morgan fingerprint density at radius 2 is 1.77 bits per heavy atom. The molecule has 0 spiro atoms. The molecule has 0 aromatic carbocycles. The van der Waals surface area contributed by atoms with Crippen molar-refractivity contribution in [2.45, 2.75) is 136 Å². The molecule has 3 saturated heterocycles. The standard InChI is InChI=1S/C36H52N4O11.CH4/c1-11-25-36(8)29(38-33(45)50-36)20(4)26(41)18(2)15-35(7,51-34(46)40-13-12-23(16-37)17-40)30(21(5)27(42)22(6)31(44)48-25)49-32-28(43)24(39(9)10)14-19(3)47-32;/h12-13,17-22,24-25,28-30,32,43H,11,14-15H2,1-10H3,(H,38,45);1H4/t18-,19-,20+,21+,22-,24+,25-,28-,29-,30-,32+,35-,36-;/m1./s1. The summed E-state index contributed by atoms with van der Waals surface area (Å²) < 4.78 is 31.5. The van der Waals surface area contributed by atoms with E-state index in [1.807, 2.05) is 32.0 Å². The Bertz CT molecular complexity index is 1540. The molecule has 0 saturated carbocycles. The summed E-state index contributed by atoms with van der Waals surface area (Å²) in [5, 5.41) is 23.5. The maximum atomic E-state index is 14.3. The number of nitriles is 1. The maximum Gasteiger partial charge on any atom is 0.418 e. The largest absolute Gasteiger partial charge is 0.458 e. The Labute approximate surface area is 306 Å². The van der Waals surface area contributed by atoms with Gasteiger partial charge in [0.05, 0.1) is 17.7 Å². The number of cyclic esters (lactones) is 1. The lowest BCUT2D eigenvalue weighted by Crippen LogP contribution is -2.60. The van der Waals surface area contributed by atoms with Crippen LogP contribution in [0.25, 0.3) is 0 Å². The van der Waals surface area contributed by atoms with Gasteiger partial charge in [0, 0.05) is 36.2 Å². The number of Topliss-reactive ketones (excluding diaryl/α,β-unsaturated/α-hetero) is 2. The third-order valence-corrected chi connectivity index (χ3v) is 10.8. The van der Waals surface area contributed by atoms with Crippen molar-refractivity contribution in [3.63, 3.8) is 0 Å². The lowest BCUT2D eigenvalue weighted by Gasteiger charge is -2.47. The Hall–Kier alpha value is -3.84. The Morgan fingerprint density at radius 3 is 2.35 bits per heavy atom. The van der Waals surface area contributed by atoms with Crippen LogP contribution in [0.15, 0.2) is 18.5 Å². The molecule has 4 rings (SSSR count). The molecule has 4 heterocycles. The number of fused-ring (bicyclic) bond motifs is 1. The van der Waals surface area contributed by atoms with E-state index in [0.29, 0.717) is 6.42 Å². The molecular weight excluding hydrogens is 676 g/mol. The number of nitrogens with one attached hydrogen (secondary N) is 1. The number of hydrogen-bond donors (Lipinski definition) is 2. The van der Waals surface area contributed by atoms with Crippen molar-refractivity contribution in [3.05, 3.63) is 24.0 Å². The number of ketones is 2. The Morgan fingerprint density at radius 1 is 1.12 bits per heavy atom. The molecule has 0 bridgehead atoms. The van der Waals surface area contributed by atoms with Crippen LogP contribution in [0, 0.1) is 35.0 Å². The molecule has 1 amide bonds. The third-order valence-electron chi connectivity index (χ3n) is 10.8. The molecule has 15 heteroatoms. The predicted molar refractivity (Wildman–Crippen MR) is 187 cm³/mol. The number of alkyl carbamates (subject to hydrolysis) is 1. The molecule has 0 radical (unpaired) electrons. The molecule has 1 aromatic heterocycles. The van der Waals surface area contributed by atoms with Crippen LogP contribution in [-0.2, 0) is 38.1 Å². The number of likely N-dealkylation sites (N-methyl/N-ethyl adjacent to an activating group) is 1. The number of rotatable bonds is 5. The highest BCUT2D eigenvalue weighted by atomic mass is 16.7. The van der Waals surface area contributed by atoms with Crippen molar-refractivity contribution >= 4 is 29.7 Å². The van der Waals surface area contributed by atoms with Gasteiger partial charge in [-0.15, -0.1) is 0 Å². The van der Waals surface area contributed by atoms with Crippen LogP contribution >= 0.6 is 0 Å². The second-order valence-corrected chi connectivity index (χ2v) is 15.0. The minimum Gasteiger partial charge on any atom is -0.458 e. The smallest absolute Gasteiger partial charge is 0.418 e. The van der Waals surface area contributed by atoms with Gasteiger partial charge in [0.15, 0.2) is 17.7 Å². The minimum atomic E-state index is -1.78. The highest BCUT2D eigenvalue weighted by molar-refractivity contribution is 6.00. The van der Waals surface area contributed by atoms with Gasteiger partial charge in [-0.05, 0) is 67.1 Å². The summed E-state index contributed by atoms with van der Waals surface area (Å²) in [6, 6.07) is 2.08. The van der Waals surface area contributed by atoms with Gasteiger partial charge in [-0.1, -0.05) is 35.1 Å². The van der Waals surface area contributed by atoms with E-state index in [-0.39, 0.29) is 43.8 Å². The summed E-state index contributed by atoms with van der Waals surface area (Å²) in [7, 11) is 3.62. The molecule has 1 aromatic rings. The van der Waals surface area contributed by atoms with E-state index < -0.39 is 89.5 Å². The number of aromatic nitrogens is 1. The number of aliphatic hydroxyl groups excluding tert-OH is 1. The predicted octanol–water partition coefficient (Wildman–Crippen LogP) is 3.83. The summed E-state index contributed by atoms with van der Waals surface area (Å²) >= 11 is 0.